The van der Waals surface area contributed by atoms with E-state index in [1.807, 2.05) is 66.3 Å². The first-order valence-electron chi connectivity index (χ1n) is 13.7. The van der Waals surface area contributed by atoms with Crippen molar-refractivity contribution in [3.05, 3.63) is 77.6 Å². The maximum absolute atomic E-state index is 12.4. The van der Waals surface area contributed by atoms with Crippen LogP contribution in [0.1, 0.15) is 68.1 Å². The zero-order valence-electron chi connectivity index (χ0n) is 23.0. The third-order valence-electron chi connectivity index (χ3n) is 6.71. The highest BCUT2D eigenvalue weighted by molar-refractivity contribution is 7.99. The smallest absolute Gasteiger partial charge is 0.224 e. The summed E-state index contributed by atoms with van der Waals surface area (Å²) >= 11 is 1.65. The van der Waals surface area contributed by atoms with E-state index >= 15 is 0 Å². The van der Waals surface area contributed by atoms with Crippen molar-refractivity contribution in [2.24, 2.45) is 7.05 Å². The molecule has 1 aliphatic rings. The van der Waals surface area contributed by atoms with Crippen molar-refractivity contribution in [1.82, 2.24) is 14.9 Å². The number of nitrogens with one attached hydrogen (secondary N) is 2. The largest absolute Gasteiger partial charge is 0.392 e. The highest BCUT2D eigenvalue weighted by atomic mass is 32.2. The predicted octanol–water partition coefficient (Wildman–Crippen LogP) is 4.89. The van der Waals surface area contributed by atoms with Gasteiger partial charge in [0.2, 0.25) is 11.8 Å². The van der Waals surface area contributed by atoms with Crippen LogP contribution in [0, 0.1) is 0 Å². The zero-order valence-corrected chi connectivity index (χ0v) is 23.9. The van der Waals surface area contributed by atoms with Gasteiger partial charge in [0.1, 0.15) is 0 Å². The van der Waals surface area contributed by atoms with Crippen LogP contribution in [0.4, 0.5) is 5.69 Å². The molecule has 214 valence electrons. The van der Waals surface area contributed by atoms with Crippen LogP contribution in [-0.2, 0) is 32.7 Å². The Morgan fingerprint density at radius 3 is 2.48 bits per heavy atom. The number of unbranched alkanes of at least 4 members (excludes halogenated alkanes) is 2. The quantitative estimate of drug-likeness (QED) is 0.199. The summed E-state index contributed by atoms with van der Waals surface area (Å²) in [7, 11) is 1.98. The average Bonchev–Trinajstić information content (AvgIpc) is 3.38. The number of ether oxygens (including phenoxy) is 2. The maximum Gasteiger partial charge on any atom is 0.224 e. The summed E-state index contributed by atoms with van der Waals surface area (Å²) in [5.74, 6) is 0.668. The van der Waals surface area contributed by atoms with E-state index in [-0.39, 0.29) is 30.6 Å². The molecule has 2 heterocycles. The molecule has 3 N–H and O–H groups in total. The molecule has 1 saturated heterocycles. The summed E-state index contributed by atoms with van der Waals surface area (Å²) in [6.07, 6.45) is 6.57. The van der Waals surface area contributed by atoms with Crippen molar-refractivity contribution in [3.8, 4) is 0 Å². The number of aryl methyl sites for hydroxylation is 1. The molecular formula is C30H38N4O5S. The Hall–Kier alpha value is -3.18. The SMILES string of the molecule is CC(=O)NCCCCCC(=O)Nc1ccc([C@H]2O[C@@H](CSc3nccn3C)C[C@@H](c3ccc(CO)cc3)O2)cc1. The number of carbonyl (C=O) groups is 2. The normalized spacial score (nSPS) is 18.8. The Labute approximate surface area is 239 Å². The summed E-state index contributed by atoms with van der Waals surface area (Å²) in [6, 6.07) is 15.4. The van der Waals surface area contributed by atoms with Gasteiger partial charge in [0.25, 0.3) is 0 Å². The molecule has 40 heavy (non-hydrogen) atoms. The van der Waals surface area contributed by atoms with E-state index in [0.29, 0.717) is 19.4 Å². The number of thioether (sulfide) groups is 1. The average molecular weight is 567 g/mol. The van der Waals surface area contributed by atoms with Crippen molar-refractivity contribution >= 4 is 29.3 Å². The van der Waals surface area contributed by atoms with Gasteiger partial charge in [-0.1, -0.05) is 54.6 Å². The van der Waals surface area contributed by atoms with E-state index in [9.17, 15) is 14.7 Å². The molecule has 4 rings (SSSR count). The molecule has 0 bridgehead atoms. The lowest BCUT2D eigenvalue weighted by Crippen LogP contribution is -2.31. The number of benzene rings is 2. The summed E-state index contributed by atoms with van der Waals surface area (Å²) in [5, 5.41) is 16.1. The highest BCUT2D eigenvalue weighted by Crippen LogP contribution is 2.39. The van der Waals surface area contributed by atoms with Gasteiger partial charge in [0.05, 0.1) is 18.8 Å². The molecule has 10 heteroatoms. The zero-order chi connectivity index (χ0) is 28.3. The van der Waals surface area contributed by atoms with Crippen LogP contribution in [-0.4, -0.2) is 44.9 Å². The van der Waals surface area contributed by atoms with Crippen molar-refractivity contribution < 1.29 is 24.2 Å². The molecule has 3 aromatic rings. The number of nitrogens with zero attached hydrogens (tertiary/aromatic N) is 2. The van der Waals surface area contributed by atoms with Crippen LogP contribution >= 0.6 is 11.8 Å². The van der Waals surface area contributed by atoms with Gasteiger partial charge in [-0.15, -0.1) is 0 Å². The van der Waals surface area contributed by atoms with E-state index < -0.39 is 6.29 Å². The fraction of sp³-hybridized carbons (Fsp3) is 0.433. The van der Waals surface area contributed by atoms with Gasteiger partial charge in [0, 0.05) is 62.8 Å². The van der Waals surface area contributed by atoms with Gasteiger partial charge in [-0.25, -0.2) is 4.98 Å². The molecule has 2 amide bonds. The second-order valence-electron chi connectivity index (χ2n) is 9.95. The highest BCUT2D eigenvalue weighted by Gasteiger charge is 2.32. The lowest BCUT2D eigenvalue weighted by atomic mass is 10.0. The van der Waals surface area contributed by atoms with Crippen molar-refractivity contribution in [2.45, 2.75) is 69.3 Å². The molecular weight excluding hydrogens is 528 g/mol. The van der Waals surface area contributed by atoms with Gasteiger partial charge < -0.3 is 29.8 Å². The second kappa shape index (κ2) is 15.0. The summed E-state index contributed by atoms with van der Waals surface area (Å²) in [6.45, 7) is 2.14. The summed E-state index contributed by atoms with van der Waals surface area (Å²) in [5.41, 5.74) is 3.50. The fourth-order valence-corrected chi connectivity index (χ4v) is 5.43. The third kappa shape index (κ3) is 8.92. The van der Waals surface area contributed by atoms with Gasteiger partial charge in [-0.3, -0.25) is 9.59 Å². The monoisotopic (exact) mass is 566 g/mol. The predicted molar refractivity (Wildman–Crippen MR) is 155 cm³/mol. The van der Waals surface area contributed by atoms with Crippen molar-refractivity contribution in [1.29, 1.82) is 0 Å². The number of anilines is 1. The Kier molecular flexibility index (Phi) is 11.2. The van der Waals surface area contributed by atoms with Crippen LogP contribution in [0.2, 0.25) is 0 Å². The van der Waals surface area contributed by atoms with Gasteiger partial charge >= 0.3 is 0 Å². The third-order valence-corrected chi connectivity index (χ3v) is 7.90. The number of aromatic nitrogens is 2. The first-order valence-corrected chi connectivity index (χ1v) is 14.6. The lowest BCUT2D eigenvalue weighted by molar-refractivity contribution is -0.245. The minimum atomic E-state index is -0.559. The number of hydrogen-bond acceptors (Lipinski definition) is 7. The molecule has 0 spiro atoms. The van der Waals surface area contributed by atoms with Gasteiger partial charge in [-0.05, 0) is 36.1 Å². The number of aliphatic hydroxyl groups is 1. The molecule has 0 saturated carbocycles. The molecule has 1 aliphatic heterocycles. The number of amides is 2. The molecule has 0 unspecified atom stereocenters. The molecule has 2 aromatic carbocycles. The van der Waals surface area contributed by atoms with Gasteiger partial charge in [-0.2, -0.15) is 0 Å². The number of aliphatic hydroxyl groups excluding tert-OH is 1. The van der Waals surface area contributed by atoms with E-state index in [2.05, 4.69) is 15.6 Å². The topological polar surface area (TPSA) is 115 Å². The second-order valence-corrected chi connectivity index (χ2v) is 10.9. The Morgan fingerprint density at radius 1 is 1.05 bits per heavy atom. The number of imidazole rings is 1. The van der Waals surface area contributed by atoms with Crippen LogP contribution < -0.4 is 10.6 Å². The van der Waals surface area contributed by atoms with E-state index in [4.69, 9.17) is 9.47 Å². The first kappa shape index (κ1) is 29.8. The van der Waals surface area contributed by atoms with E-state index in [1.54, 1.807) is 18.0 Å². The summed E-state index contributed by atoms with van der Waals surface area (Å²) in [4.78, 5) is 27.7. The number of hydrogen-bond donors (Lipinski definition) is 3. The summed E-state index contributed by atoms with van der Waals surface area (Å²) < 4.78 is 14.8. The molecule has 0 aliphatic carbocycles. The van der Waals surface area contributed by atoms with Crippen LogP contribution in [0.15, 0.2) is 66.1 Å². The molecule has 1 aromatic heterocycles. The number of rotatable bonds is 13. The standard InChI is InChI=1S/C30H38N4O5S/c1-21(36)31-15-5-3-4-6-28(37)33-25-13-11-24(12-14-25)29-38-26(20-40-30-32-16-17-34(30)2)18-27(39-29)23-9-7-22(19-35)8-10-23/h7-14,16-17,26-27,29,35H,3-6,15,18-20H2,1-2H3,(H,31,36)(H,33,37)/t26-,27+,29+/m1/s1. The van der Waals surface area contributed by atoms with Crippen molar-refractivity contribution in [3.63, 3.8) is 0 Å². The number of carbonyl (C=O) groups excluding carboxylic acids is 2. The van der Waals surface area contributed by atoms with E-state index in [0.717, 1.165) is 52.5 Å². The Bertz CT molecular complexity index is 1230. The maximum atomic E-state index is 12.4. The minimum absolute atomic E-state index is 0.00194. The van der Waals surface area contributed by atoms with E-state index in [1.165, 1.54) is 6.92 Å². The Balaban J connectivity index is 1.35. The lowest BCUT2D eigenvalue weighted by Gasteiger charge is -2.36. The van der Waals surface area contributed by atoms with Crippen molar-refractivity contribution in [2.75, 3.05) is 17.6 Å². The molecule has 0 radical (unpaired) electrons. The van der Waals surface area contributed by atoms with Crippen LogP contribution in [0.5, 0.6) is 0 Å². The first-order chi connectivity index (χ1) is 19.4. The van der Waals surface area contributed by atoms with Crippen LogP contribution in [0.3, 0.4) is 0 Å². The fourth-order valence-electron chi connectivity index (χ4n) is 4.48. The van der Waals surface area contributed by atoms with Crippen LogP contribution in [0.25, 0.3) is 0 Å². The van der Waals surface area contributed by atoms with Gasteiger partial charge in [0.15, 0.2) is 11.4 Å². The molecule has 1 fully saturated rings. The minimum Gasteiger partial charge on any atom is -0.392 e. The molecule has 3 atom stereocenters. The Morgan fingerprint density at radius 2 is 1.80 bits per heavy atom. The molecule has 9 nitrogen and oxygen atoms in total.